The summed E-state index contributed by atoms with van der Waals surface area (Å²) in [7, 11) is -7.24. The summed E-state index contributed by atoms with van der Waals surface area (Å²) in [4.78, 5) is 0. The molecular weight excluding hydrogens is 1090 g/mol. The van der Waals surface area contributed by atoms with Crippen molar-refractivity contribution >= 4 is 28.5 Å². The van der Waals surface area contributed by atoms with Crippen LogP contribution in [0.5, 0.6) is 0 Å². The van der Waals surface area contributed by atoms with Gasteiger partial charge in [0.05, 0.1) is 126 Å². The molecule has 8 atom stereocenters. The number of hydrogen-bond acceptors (Lipinski definition) is 28. The van der Waals surface area contributed by atoms with Crippen LogP contribution in [0.25, 0.3) is 0 Å². The van der Waals surface area contributed by atoms with Gasteiger partial charge in [0.2, 0.25) is 0 Å². The van der Waals surface area contributed by atoms with Crippen LogP contribution in [0.1, 0.15) is 107 Å². The maximum atomic E-state index is 7.56. The minimum Gasteiger partial charge on any atom is -0.415 e. The number of nitriles is 4. The lowest BCUT2D eigenvalue weighted by molar-refractivity contribution is 0.0266. The standard InChI is InChI=1S/8C6H13NO.4CH2BNO2/c8*1-2-6-5-7-3-4-8-6;4*3-1-2(4)5/h8*6-7H,2-5H2,1H3;4*4-5H. The van der Waals surface area contributed by atoms with Gasteiger partial charge >= 0.3 is 28.5 Å². The highest BCUT2D eigenvalue weighted by molar-refractivity contribution is 6.51. The molecule has 32 heteroatoms. The molecule has 8 heterocycles. The molecule has 0 saturated carbocycles. The highest BCUT2D eigenvalue weighted by Gasteiger charge is 2.14. The van der Waals surface area contributed by atoms with E-state index in [0.717, 1.165) is 233 Å². The van der Waals surface area contributed by atoms with Crippen LogP contribution >= 0.6 is 0 Å². The molecule has 8 aliphatic rings. The van der Waals surface area contributed by atoms with Gasteiger partial charge in [0.1, 0.15) is 0 Å². The Balaban J connectivity index is -0.000000418. The molecular formula is C52H112B4N12O16. The van der Waals surface area contributed by atoms with E-state index in [1.165, 1.54) is 0 Å². The molecule has 8 fully saturated rings. The summed E-state index contributed by atoms with van der Waals surface area (Å²) in [5, 5.41) is 116. The fourth-order valence-corrected chi connectivity index (χ4v) is 7.06. The van der Waals surface area contributed by atoms with Crippen molar-refractivity contribution in [1.82, 2.24) is 42.5 Å². The number of ether oxygens (including phenoxy) is 8. The first-order valence-corrected chi connectivity index (χ1v) is 30.2. The average molecular weight is 1200 g/mol. The maximum Gasteiger partial charge on any atom is 0.573 e. The Morgan fingerprint density at radius 1 is 0.262 bits per heavy atom. The van der Waals surface area contributed by atoms with Gasteiger partial charge in [-0.2, -0.15) is 0 Å². The third-order valence-corrected chi connectivity index (χ3v) is 12.1. The van der Waals surface area contributed by atoms with E-state index in [-0.39, 0.29) is 0 Å². The van der Waals surface area contributed by atoms with Gasteiger partial charge in [-0.05, 0) is 51.4 Å². The topological polar surface area (TPSA) is 427 Å². The smallest absolute Gasteiger partial charge is 0.415 e. The summed E-state index contributed by atoms with van der Waals surface area (Å²) in [5.74, 6) is 4.56. The number of morpholine rings is 8. The van der Waals surface area contributed by atoms with Gasteiger partial charge in [0.15, 0.2) is 0 Å². The Kier molecular flexibility index (Phi) is 72.4. The van der Waals surface area contributed by atoms with Crippen molar-refractivity contribution in [3.8, 4) is 23.9 Å². The van der Waals surface area contributed by atoms with E-state index in [1.54, 1.807) is 0 Å². The van der Waals surface area contributed by atoms with Crippen molar-refractivity contribution in [1.29, 1.82) is 21.0 Å². The number of rotatable bonds is 8. The molecule has 84 heavy (non-hydrogen) atoms. The van der Waals surface area contributed by atoms with Crippen molar-refractivity contribution in [3.63, 3.8) is 0 Å². The zero-order valence-corrected chi connectivity index (χ0v) is 52.2. The second-order valence-electron chi connectivity index (χ2n) is 18.9. The molecule has 0 spiro atoms. The monoisotopic (exact) mass is 1200 g/mol. The van der Waals surface area contributed by atoms with Crippen molar-refractivity contribution in [2.45, 2.75) is 156 Å². The van der Waals surface area contributed by atoms with E-state index in [1.807, 2.05) is 0 Å². The maximum absolute atomic E-state index is 7.56. The highest BCUT2D eigenvalue weighted by Crippen LogP contribution is 2.03. The molecule has 28 nitrogen and oxygen atoms in total. The number of nitrogens with zero attached hydrogens (tertiary/aromatic N) is 4. The number of nitrogens with one attached hydrogen (secondary N) is 8. The van der Waals surface area contributed by atoms with Gasteiger partial charge in [0.25, 0.3) is 0 Å². The van der Waals surface area contributed by atoms with Gasteiger partial charge in [0, 0.05) is 105 Å². The van der Waals surface area contributed by atoms with Gasteiger partial charge in [-0.3, -0.25) is 0 Å². The minimum absolute atomic E-state index is 0.476. The summed E-state index contributed by atoms with van der Waals surface area (Å²) in [5.41, 5.74) is 0. The predicted molar refractivity (Wildman–Crippen MR) is 326 cm³/mol. The molecule has 0 aromatic heterocycles. The van der Waals surface area contributed by atoms with E-state index in [4.69, 9.17) is 99.1 Å². The summed E-state index contributed by atoms with van der Waals surface area (Å²) in [6.07, 6.45) is 12.9. The Labute approximate surface area is 505 Å². The Morgan fingerprint density at radius 3 is 0.393 bits per heavy atom. The zero-order chi connectivity index (χ0) is 63.7. The molecule has 0 aromatic rings. The Bertz CT molecular complexity index is 1200. The van der Waals surface area contributed by atoms with Crippen LogP contribution in [0.2, 0.25) is 0 Å². The van der Waals surface area contributed by atoms with Crippen LogP contribution in [0, 0.1) is 44.9 Å². The molecule has 0 radical (unpaired) electrons. The fraction of sp³-hybridized carbons (Fsp3) is 0.923. The van der Waals surface area contributed by atoms with Crippen molar-refractivity contribution in [3.05, 3.63) is 0 Å². The third-order valence-electron chi connectivity index (χ3n) is 12.1. The molecule has 8 unspecified atom stereocenters. The molecule has 8 aliphatic heterocycles. The number of hydrogen-bond donors (Lipinski definition) is 16. The van der Waals surface area contributed by atoms with E-state index in [0.29, 0.717) is 48.8 Å². The molecule has 0 bridgehead atoms. The van der Waals surface area contributed by atoms with Gasteiger partial charge in [-0.15, -0.1) is 0 Å². The molecule has 16 N–H and O–H groups in total. The second-order valence-corrected chi connectivity index (χ2v) is 18.9. The van der Waals surface area contributed by atoms with Crippen LogP contribution in [0.3, 0.4) is 0 Å². The normalized spacial score (nSPS) is 24.5. The van der Waals surface area contributed by atoms with Crippen molar-refractivity contribution < 1.29 is 78.1 Å². The van der Waals surface area contributed by atoms with Crippen LogP contribution < -0.4 is 42.5 Å². The van der Waals surface area contributed by atoms with E-state index >= 15 is 0 Å². The first kappa shape index (κ1) is 87.7. The predicted octanol–water partition coefficient (Wildman–Crippen LogP) is -2.83. The summed E-state index contributed by atoms with van der Waals surface area (Å²) in [6.45, 7) is 40.8. The largest absolute Gasteiger partial charge is 0.573 e. The van der Waals surface area contributed by atoms with Gasteiger partial charge in [-0.1, -0.05) is 55.4 Å². The van der Waals surface area contributed by atoms with E-state index < -0.39 is 28.5 Å². The van der Waals surface area contributed by atoms with Crippen LogP contribution in [-0.4, -0.2) is 275 Å². The second kappa shape index (κ2) is 69.4. The molecule has 0 amide bonds. The first-order chi connectivity index (χ1) is 40.5. The van der Waals surface area contributed by atoms with Crippen LogP contribution in [-0.2, 0) is 37.9 Å². The summed E-state index contributed by atoms with van der Waals surface area (Å²) in [6, 6.07) is 0. The van der Waals surface area contributed by atoms with Crippen molar-refractivity contribution in [2.24, 2.45) is 0 Å². The van der Waals surface area contributed by atoms with Crippen LogP contribution in [0.4, 0.5) is 0 Å². The summed E-state index contributed by atoms with van der Waals surface area (Å²) < 4.78 is 42.9. The zero-order valence-electron chi connectivity index (χ0n) is 52.2. The summed E-state index contributed by atoms with van der Waals surface area (Å²) >= 11 is 0. The minimum atomic E-state index is -1.81. The van der Waals surface area contributed by atoms with Gasteiger partial charge < -0.3 is 121 Å². The Hall–Kier alpha value is -2.74. The molecule has 0 aliphatic carbocycles. The van der Waals surface area contributed by atoms with E-state index in [9.17, 15) is 0 Å². The lowest BCUT2D eigenvalue weighted by Gasteiger charge is -2.21. The molecule has 8 rings (SSSR count). The van der Waals surface area contributed by atoms with E-state index in [2.05, 4.69) is 97.9 Å². The lowest BCUT2D eigenvalue weighted by Crippen LogP contribution is -2.37. The Morgan fingerprint density at radius 2 is 0.357 bits per heavy atom. The fourth-order valence-electron chi connectivity index (χ4n) is 7.06. The highest BCUT2D eigenvalue weighted by atomic mass is 16.5. The molecule has 488 valence electrons. The lowest BCUT2D eigenvalue weighted by atomic mass is 9.97. The van der Waals surface area contributed by atoms with Crippen molar-refractivity contribution in [2.75, 3.05) is 158 Å². The van der Waals surface area contributed by atoms with Crippen LogP contribution in [0.15, 0.2) is 0 Å². The SMILES string of the molecule is CCC1CNCCO1.CCC1CNCCO1.CCC1CNCCO1.CCC1CNCCO1.CCC1CNCCO1.CCC1CNCCO1.CCC1CNCCO1.CCC1CNCCO1.N#CB(O)O.N#CB(O)O.N#CB(O)O.N#CB(O)O. The quantitative estimate of drug-likeness (QED) is 0.109. The average Bonchev–Trinajstić information content (AvgIpc) is 3.57. The van der Waals surface area contributed by atoms with Gasteiger partial charge in [-0.25, -0.2) is 21.0 Å². The first-order valence-electron chi connectivity index (χ1n) is 30.2. The molecule has 8 saturated heterocycles. The molecule has 0 aromatic carbocycles. The third kappa shape index (κ3) is 66.8.